The van der Waals surface area contributed by atoms with E-state index in [0.29, 0.717) is 10.9 Å². The molecule has 2 N–H and O–H groups in total. The average Bonchev–Trinajstić information content (AvgIpc) is 2.76. The number of amides is 3. The van der Waals surface area contributed by atoms with Gasteiger partial charge in [0.05, 0.1) is 11.1 Å². The molecule has 3 amide bonds. The van der Waals surface area contributed by atoms with Crippen LogP contribution in [0.25, 0.3) is 0 Å². The number of rotatable bonds is 6. The first kappa shape index (κ1) is 18.1. The van der Waals surface area contributed by atoms with Gasteiger partial charge in [0.1, 0.15) is 12.6 Å². The number of carbonyl (C=O) groups excluding carboxylic acids is 3. The maximum absolute atomic E-state index is 12.3. The molecule has 0 aromatic heterocycles. The zero-order valence-electron chi connectivity index (χ0n) is 13.2. The standard InChI is InChI=1S/C16H17BrN2O5/c1-3-8(2)13(16(23)24)18-12(20)7-19-14(21)10-5-4-9(17)6-11(10)15(19)22/h4-6,8,13H,3,7H2,1-2H3,(H,18,20)(H,23,24)/t8-,13-/m0/s1. The summed E-state index contributed by atoms with van der Waals surface area (Å²) in [6.45, 7) is 3.01. The normalized spacial score (nSPS) is 15.9. The summed E-state index contributed by atoms with van der Waals surface area (Å²) in [6.07, 6.45) is 0.568. The molecule has 0 fully saturated rings. The summed E-state index contributed by atoms with van der Waals surface area (Å²) in [5.74, 6) is -3.24. The molecule has 1 aromatic carbocycles. The van der Waals surface area contributed by atoms with Crippen LogP contribution in [0.2, 0.25) is 0 Å². The summed E-state index contributed by atoms with van der Waals surface area (Å²) in [5, 5.41) is 11.6. The second-order valence-corrected chi connectivity index (χ2v) is 6.57. The highest BCUT2D eigenvalue weighted by atomic mass is 79.9. The van der Waals surface area contributed by atoms with Gasteiger partial charge in [0, 0.05) is 4.47 Å². The number of benzene rings is 1. The molecule has 1 aromatic rings. The van der Waals surface area contributed by atoms with Crippen molar-refractivity contribution in [1.82, 2.24) is 10.2 Å². The Morgan fingerprint density at radius 3 is 2.46 bits per heavy atom. The fourth-order valence-electron chi connectivity index (χ4n) is 2.45. The molecule has 0 unspecified atom stereocenters. The molecule has 1 aliphatic rings. The number of imide groups is 1. The van der Waals surface area contributed by atoms with Crippen LogP contribution in [-0.4, -0.2) is 46.3 Å². The Bertz CT molecular complexity index is 718. The van der Waals surface area contributed by atoms with E-state index in [1.807, 2.05) is 6.92 Å². The van der Waals surface area contributed by atoms with Crippen molar-refractivity contribution in [3.8, 4) is 0 Å². The van der Waals surface area contributed by atoms with Gasteiger partial charge in [-0.05, 0) is 24.1 Å². The highest BCUT2D eigenvalue weighted by molar-refractivity contribution is 9.10. The Morgan fingerprint density at radius 1 is 1.25 bits per heavy atom. The van der Waals surface area contributed by atoms with Crippen LogP contribution in [0.1, 0.15) is 41.0 Å². The van der Waals surface area contributed by atoms with Gasteiger partial charge < -0.3 is 10.4 Å². The van der Waals surface area contributed by atoms with Gasteiger partial charge in [0.2, 0.25) is 5.91 Å². The Hall–Kier alpha value is -2.22. The van der Waals surface area contributed by atoms with Gasteiger partial charge in [-0.2, -0.15) is 0 Å². The zero-order chi connectivity index (χ0) is 18.0. The third kappa shape index (κ3) is 3.48. The van der Waals surface area contributed by atoms with Crippen LogP contribution in [0.15, 0.2) is 22.7 Å². The fraction of sp³-hybridized carbons (Fsp3) is 0.375. The first-order chi connectivity index (χ1) is 11.3. The van der Waals surface area contributed by atoms with E-state index in [-0.39, 0.29) is 17.0 Å². The Balaban J connectivity index is 2.12. The lowest BCUT2D eigenvalue weighted by molar-refractivity contribution is -0.143. The third-order valence-corrected chi connectivity index (χ3v) is 4.52. The van der Waals surface area contributed by atoms with Crippen molar-refractivity contribution in [2.45, 2.75) is 26.3 Å². The second-order valence-electron chi connectivity index (χ2n) is 5.66. The van der Waals surface area contributed by atoms with Crippen LogP contribution in [0.3, 0.4) is 0 Å². The largest absolute Gasteiger partial charge is 0.480 e. The SMILES string of the molecule is CC[C@H](C)[C@H](NC(=O)CN1C(=O)c2ccc(Br)cc2C1=O)C(=O)O. The number of hydrogen-bond donors (Lipinski definition) is 2. The number of halogens is 1. The van der Waals surface area contributed by atoms with E-state index in [9.17, 15) is 24.3 Å². The molecule has 2 atom stereocenters. The van der Waals surface area contributed by atoms with Gasteiger partial charge in [-0.1, -0.05) is 36.2 Å². The van der Waals surface area contributed by atoms with Crippen molar-refractivity contribution >= 4 is 39.6 Å². The summed E-state index contributed by atoms with van der Waals surface area (Å²) < 4.78 is 0.649. The topological polar surface area (TPSA) is 104 Å². The van der Waals surface area contributed by atoms with Crippen LogP contribution in [-0.2, 0) is 9.59 Å². The summed E-state index contributed by atoms with van der Waals surface area (Å²) in [4.78, 5) is 48.7. The van der Waals surface area contributed by atoms with E-state index in [0.717, 1.165) is 4.90 Å². The number of carbonyl (C=O) groups is 4. The van der Waals surface area contributed by atoms with Crippen LogP contribution < -0.4 is 5.32 Å². The third-order valence-electron chi connectivity index (χ3n) is 4.03. The highest BCUT2D eigenvalue weighted by Gasteiger charge is 2.37. The average molecular weight is 397 g/mol. The van der Waals surface area contributed by atoms with Gasteiger partial charge in [-0.15, -0.1) is 0 Å². The maximum atomic E-state index is 12.3. The van der Waals surface area contributed by atoms with Gasteiger partial charge in [-0.25, -0.2) is 4.79 Å². The van der Waals surface area contributed by atoms with E-state index in [1.165, 1.54) is 12.1 Å². The van der Waals surface area contributed by atoms with Crippen molar-refractivity contribution < 1.29 is 24.3 Å². The molecular weight excluding hydrogens is 380 g/mol. The van der Waals surface area contributed by atoms with Crippen LogP contribution in [0.4, 0.5) is 0 Å². The molecule has 0 saturated heterocycles. The number of fused-ring (bicyclic) bond motifs is 1. The van der Waals surface area contributed by atoms with Gasteiger partial charge in [-0.3, -0.25) is 19.3 Å². The number of aliphatic carboxylic acids is 1. The Labute approximate surface area is 147 Å². The number of carboxylic acid groups (broad SMARTS) is 1. The quantitative estimate of drug-likeness (QED) is 0.711. The second kappa shape index (κ2) is 7.12. The van der Waals surface area contributed by atoms with Gasteiger partial charge in [0.25, 0.3) is 11.8 Å². The molecule has 0 bridgehead atoms. The Kier molecular flexibility index (Phi) is 5.38. The number of carboxylic acids is 1. The predicted octanol–water partition coefficient (Wildman–Crippen LogP) is 1.66. The maximum Gasteiger partial charge on any atom is 0.326 e. The van der Waals surface area contributed by atoms with E-state index in [1.54, 1.807) is 13.0 Å². The van der Waals surface area contributed by atoms with Crippen molar-refractivity contribution in [3.05, 3.63) is 33.8 Å². The van der Waals surface area contributed by atoms with Crippen LogP contribution in [0, 0.1) is 5.92 Å². The minimum absolute atomic E-state index is 0.221. The monoisotopic (exact) mass is 396 g/mol. The summed E-state index contributed by atoms with van der Waals surface area (Å²) in [5.41, 5.74) is 0.451. The van der Waals surface area contributed by atoms with Crippen molar-refractivity contribution in [1.29, 1.82) is 0 Å². The lowest BCUT2D eigenvalue weighted by atomic mass is 9.99. The molecule has 7 nitrogen and oxygen atoms in total. The summed E-state index contributed by atoms with van der Waals surface area (Å²) >= 11 is 3.23. The molecule has 0 aliphatic carbocycles. The predicted molar refractivity (Wildman–Crippen MR) is 88.5 cm³/mol. The molecule has 8 heteroatoms. The molecule has 0 saturated carbocycles. The van der Waals surface area contributed by atoms with Crippen LogP contribution >= 0.6 is 15.9 Å². The van der Waals surface area contributed by atoms with Crippen molar-refractivity contribution in [2.24, 2.45) is 5.92 Å². The minimum Gasteiger partial charge on any atom is -0.480 e. The van der Waals surface area contributed by atoms with E-state index in [4.69, 9.17) is 0 Å². The summed E-state index contributed by atoms with van der Waals surface area (Å²) in [7, 11) is 0. The lowest BCUT2D eigenvalue weighted by Crippen LogP contribution is -2.49. The fourth-order valence-corrected chi connectivity index (χ4v) is 2.81. The van der Waals surface area contributed by atoms with Crippen LogP contribution in [0.5, 0.6) is 0 Å². The molecule has 24 heavy (non-hydrogen) atoms. The molecule has 1 aliphatic heterocycles. The first-order valence-corrected chi connectivity index (χ1v) is 8.23. The van der Waals surface area contributed by atoms with Crippen molar-refractivity contribution in [2.75, 3.05) is 6.54 Å². The van der Waals surface area contributed by atoms with E-state index in [2.05, 4.69) is 21.2 Å². The molecule has 2 rings (SSSR count). The highest BCUT2D eigenvalue weighted by Crippen LogP contribution is 2.25. The number of nitrogens with zero attached hydrogens (tertiary/aromatic N) is 1. The number of nitrogens with one attached hydrogen (secondary N) is 1. The van der Waals surface area contributed by atoms with Crippen molar-refractivity contribution in [3.63, 3.8) is 0 Å². The van der Waals surface area contributed by atoms with E-state index >= 15 is 0 Å². The van der Waals surface area contributed by atoms with Gasteiger partial charge >= 0.3 is 5.97 Å². The minimum atomic E-state index is -1.15. The molecule has 0 spiro atoms. The van der Waals surface area contributed by atoms with E-state index < -0.39 is 36.3 Å². The molecule has 128 valence electrons. The first-order valence-electron chi connectivity index (χ1n) is 7.44. The smallest absolute Gasteiger partial charge is 0.326 e. The lowest BCUT2D eigenvalue weighted by Gasteiger charge is -2.21. The Morgan fingerprint density at radius 2 is 1.88 bits per heavy atom. The summed E-state index contributed by atoms with van der Waals surface area (Å²) in [6, 6.07) is 3.60. The molecular formula is C16H17BrN2O5. The van der Waals surface area contributed by atoms with Gasteiger partial charge in [0.15, 0.2) is 0 Å². The molecule has 0 radical (unpaired) electrons. The number of hydrogen-bond acceptors (Lipinski definition) is 4. The zero-order valence-corrected chi connectivity index (χ0v) is 14.8. The molecule has 1 heterocycles.